The lowest BCUT2D eigenvalue weighted by atomic mass is 9.85. The van der Waals surface area contributed by atoms with E-state index in [0.29, 0.717) is 23.8 Å². The van der Waals surface area contributed by atoms with Gasteiger partial charge in [-0.15, -0.1) is 0 Å². The molecule has 1 aliphatic carbocycles. The number of nitrogens with one attached hydrogen (secondary N) is 1. The second kappa shape index (κ2) is 6.91. The number of aliphatic carboxylic acids is 1. The van der Waals surface area contributed by atoms with Gasteiger partial charge >= 0.3 is 5.97 Å². The van der Waals surface area contributed by atoms with Gasteiger partial charge in [0.1, 0.15) is 5.58 Å². The van der Waals surface area contributed by atoms with Crippen molar-refractivity contribution in [3.8, 4) is 0 Å². The normalized spacial score (nSPS) is 20.8. The highest BCUT2D eigenvalue weighted by molar-refractivity contribution is 6.30. The molecule has 2 N–H and O–H groups in total. The fourth-order valence-corrected chi connectivity index (χ4v) is 3.46. The quantitative estimate of drug-likeness (QED) is 0.813. The third-order valence-corrected chi connectivity index (χ3v) is 4.90. The molecule has 0 unspecified atom stereocenters. The molecule has 1 saturated carbocycles. The van der Waals surface area contributed by atoms with E-state index < -0.39 is 5.97 Å². The molecule has 1 heterocycles. The van der Waals surface area contributed by atoms with Gasteiger partial charge in [-0.2, -0.15) is 0 Å². The highest BCUT2D eigenvalue weighted by Crippen LogP contribution is 2.31. The number of furan rings is 1. The number of hydrogen-bond acceptors (Lipinski definition) is 4. The Kier molecular flexibility index (Phi) is 4.90. The Labute approximate surface area is 140 Å². The first-order valence-corrected chi connectivity index (χ1v) is 8.31. The van der Waals surface area contributed by atoms with Crippen LogP contribution in [0.2, 0.25) is 5.22 Å². The van der Waals surface area contributed by atoms with Gasteiger partial charge in [0.25, 0.3) is 0 Å². The first kappa shape index (κ1) is 16.3. The van der Waals surface area contributed by atoms with E-state index in [0.717, 1.165) is 35.9 Å². The van der Waals surface area contributed by atoms with Crippen molar-refractivity contribution < 1.29 is 14.3 Å². The fourth-order valence-electron chi connectivity index (χ4n) is 3.21. The minimum Gasteiger partial charge on any atom is -0.480 e. The van der Waals surface area contributed by atoms with E-state index in [1.165, 1.54) is 0 Å². The topological polar surface area (TPSA) is 65.7 Å². The standard InChI is InChI=1S/C17H21ClN2O3/c1-2-20(10-16(21)22)12-7-11(8-12)19-9-14-13-5-3-4-6-15(13)23-17(14)18/h3-6,11-12,19H,2,7-10H2,1H3,(H,21,22). The van der Waals surface area contributed by atoms with Crippen LogP contribution in [0, 0.1) is 0 Å². The van der Waals surface area contributed by atoms with Crippen molar-refractivity contribution in [1.29, 1.82) is 0 Å². The van der Waals surface area contributed by atoms with Gasteiger partial charge in [0.05, 0.1) is 6.54 Å². The van der Waals surface area contributed by atoms with Crippen molar-refractivity contribution in [2.24, 2.45) is 0 Å². The maximum absolute atomic E-state index is 10.9. The zero-order chi connectivity index (χ0) is 16.4. The Balaban J connectivity index is 1.54. The number of likely N-dealkylation sites (N-methyl/N-ethyl adjacent to an activating group) is 1. The van der Waals surface area contributed by atoms with Gasteiger partial charge in [0.15, 0.2) is 5.22 Å². The Morgan fingerprint density at radius 1 is 1.43 bits per heavy atom. The van der Waals surface area contributed by atoms with E-state index >= 15 is 0 Å². The first-order chi connectivity index (χ1) is 11.1. The van der Waals surface area contributed by atoms with Crippen molar-refractivity contribution in [3.05, 3.63) is 35.0 Å². The molecule has 6 heteroatoms. The van der Waals surface area contributed by atoms with Crippen LogP contribution in [0.4, 0.5) is 0 Å². The molecule has 0 spiro atoms. The summed E-state index contributed by atoms with van der Waals surface area (Å²) in [6, 6.07) is 8.57. The summed E-state index contributed by atoms with van der Waals surface area (Å²) < 4.78 is 5.56. The van der Waals surface area contributed by atoms with Gasteiger partial charge in [-0.3, -0.25) is 9.69 Å². The number of rotatable bonds is 7. The van der Waals surface area contributed by atoms with Crippen LogP contribution in [0.5, 0.6) is 0 Å². The Morgan fingerprint density at radius 2 is 2.17 bits per heavy atom. The minimum absolute atomic E-state index is 0.117. The maximum atomic E-state index is 10.9. The van der Waals surface area contributed by atoms with E-state index in [1.54, 1.807) is 0 Å². The number of benzene rings is 1. The number of carboxylic acids is 1. The summed E-state index contributed by atoms with van der Waals surface area (Å²) in [5.74, 6) is -0.764. The number of fused-ring (bicyclic) bond motifs is 1. The third-order valence-electron chi connectivity index (χ3n) is 4.59. The fraction of sp³-hybridized carbons (Fsp3) is 0.471. The number of hydrogen-bond donors (Lipinski definition) is 2. The second-order valence-corrected chi connectivity index (χ2v) is 6.35. The molecule has 5 nitrogen and oxygen atoms in total. The van der Waals surface area contributed by atoms with E-state index in [-0.39, 0.29) is 6.54 Å². The van der Waals surface area contributed by atoms with Gasteiger partial charge < -0.3 is 14.8 Å². The first-order valence-electron chi connectivity index (χ1n) is 7.93. The van der Waals surface area contributed by atoms with Crippen molar-refractivity contribution in [2.75, 3.05) is 13.1 Å². The molecule has 1 aliphatic rings. The lowest BCUT2D eigenvalue weighted by Gasteiger charge is -2.42. The number of para-hydroxylation sites is 1. The molecule has 0 atom stereocenters. The van der Waals surface area contributed by atoms with Crippen LogP contribution in [0.25, 0.3) is 11.0 Å². The number of carbonyl (C=O) groups is 1. The van der Waals surface area contributed by atoms with Crippen LogP contribution in [0.1, 0.15) is 25.3 Å². The SMILES string of the molecule is CCN(CC(=O)O)C1CC(NCc2c(Cl)oc3ccccc23)C1. The van der Waals surface area contributed by atoms with Crippen molar-refractivity contribution >= 4 is 28.5 Å². The monoisotopic (exact) mass is 336 g/mol. The molecule has 0 amide bonds. The number of nitrogens with zero attached hydrogens (tertiary/aromatic N) is 1. The Bertz CT molecular complexity index is 694. The van der Waals surface area contributed by atoms with E-state index in [4.69, 9.17) is 21.1 Å². The summed E-state index contributed by atoms with van der Waals surface area (Å²) in [5.41, 5.74) is 1.79. The molecule has 1 fully saturated rings. The van der Waals surface area contributed by atoms with Gasteiger partial charge in [-0.05, 0) is 37.1 Å². The summed E-state index contributed by atoms with van der Waals surface area (Å²) in [6.07, 6.45) is 1.93. The van der Waals surface area contributed by atoms with Crippen LogP contribution in [0.3, 0.4) is 0 Å². The molecular weight excluding hydrogens is 316 g/mol. The molecule has 23 heavy (non-hydrogen) atoms. The van der Waals surface area contributed by atoms with Crippen LogP contribution >= 0.6 is 11.6 Å². The van der Waals surface area contributed by atoms with Crippen LogP contribution in [0.15, 0.2) is 28.7 Å². The van der Waals surface area contributed by atoms with Gasteiger partial charge in [-0.25, -0.2) is 0 Å². The molecule has 1 aromatic carbocycles. The molecule has 0 aliphatic heterocycles. The molecular formula is C17H21ClN2O3. The maximum Gasteiger partial charge on any atom is 0.317 e. The molecule has 2 aromatic rings. The van der Waals surface area contributed by atoms with Gasteiger partial charge in [-0.1, -0.05) is 25.1 Å². The van der Waals surface area contributed by atoms with E-state index in [2.05, 4.69) is 5.32 Å². The molecule has 3 rings (SSSR count). The zero-order valence-corrected chi connectivity index (χ0v) is 13.8. The molecule has 0 radical (unpaired) electrons. The predicted molar refractivity (Wildman–Crippen MR) is 89.8 cm³/mol. The molecule has 0 saturated heterocycles. The van der Waals surface area contributed by atoms with Gasteiger partial charge in [0, 0.05) is 29.6 Å². The Hall–Kier alpha value is -1.56. The highest BCUT2D eigenvalue weighted by atomic mass is 35.5. The summed E-state index contributed by atoms with van der Waals surface area (Å²) in [7, 11) is 0. The number of halogens is 1. The zero-order valence-electron chi connectivity index (χ0n) is 13.1. The van der Waals surface area contributed by atoms with Crippen LogP contribution in [-0.4, -0.2) is 41.1 Å². The van der Waals surface area contributed by atoms with Gasteiger partial charge in [0.2, 0.25) is 0 Å². The Morgan fingerprint density at radius 3 is 2.87 bits per heavy atom. The minimum atomic E-state index is -0.764. The predicted octanol–water partition coefficient (Wildman–Crippen LogP) is 3.11. The van der Waals surface area contributed by atoms with Crippen molar-refractivity contribution in [3.63, 3.8) is 0 Å². The van der Waals surface area contributed by atoms with Crippen LogP contribution < -0.4 is 5.32 Å². The summed E-state index contributed by atoms with van der Waals surface area (Å²) in [5, 5.41) is 13.9. The van der Waals surface area contributed by atoms with E-state index in [1.807, 2.05) is 36.1 Å². The second-order valence-electron chi connectivity index (χ2n) is 6.01. The third kappa shape index (κ3) is 3.52. The molecule has 124 valence electrons. The summed E-state index contributed by atoms with van der Waals surface area (Å²) in [4.78, 5) is 12.9. The smallest absolute Gasteiger partial charge is 0.317 e. The molecule has 0 bridgehead atoms. The van der Waals surface area contributed by atoms with Crippen LogP contribution in [-0.2, 0) is 11.3 Å². The summed E-state index contributed by atoms with van der Waals surface area (Å²) in [6.45, 7) is 3.55. The summed E-state index contributed by atoms with van der Waals surface area (Å²) >= 11 is 6.19. The van der Waals surface area contributed by atoms with E-state index in [9.17, 15) is 4.79 Å². The number of carboxylic acid groups (broad SMARTS) is 1. The molecule has 1 aromatic heterocycles. The average molecular weight is 337 g/mol. The highest BCUT2D eigenvalue weighted by Gasteiger charge is 2.33. The lowest BCUT2D eigenvalue weighted by Crippen LogP contribution is -2.53. The lowest BCUT2D eigenvalue weighted by molar-refractivity contribution is -0.139. The largest absolute Gasteiger partial charge is 0.480 e. The average Bonchev–Trinajstić information content (AvgIpc) is 2.79. The van der Waals surface area contributed by atoms with Crippen molar-refractivity contribution in [2.45, 2.75) is 38.4 Å². The van der Waals surface area contributed by atoms with Crippen molar-refractivity contribution in [1.82, 2.24) is 10.2 Å².